The predicted octanol–water partition coefficient (Wildman–Crippen LogP) is 2.56. The maximum atomic E-state index is 11.8. The van der Waals surface area contributed by atoms with Crippen molar-refractivity contribution in [3.63, 3.8) is 0 Å². The van der Waals surface area contributed by atoms with Crippen molar-refractivity contribution in [2.45, 2.75) is 12.8 Å². The molecule has 0 bridgehead atoms. The molecule has 7 nitrogen and oxygen atoms in total. The molecule has 1 fully saturated rings. The highest BCUT2D eigenvalue weighted by Crippen LogP contribution is 2.25. The minimum Gasteiger partial charge on any atom is -0.367 e. The van der Waals surface area contributed by atoms with Gasteiger partial charge >= 0.3 is 0 Å². The van der Waals surface area contributed by atoms with Gasteiger partial charge in [-0.3, -0.25) is 9.20 Å². The van der Waals surface area contributed by atoms with Crippen molar-refractivity contribution >= 4 is 29.0 Å². The van der Waals surface area contributed by atoms with Crippen LogP contribution in [0.15, 0.2) is 36.7 Å². The fourth-order valence-corrected chi connectivity index (χ4v) is 3.51. The summed E-state index contributed by atoms with van der Waals surface area (Å²) in [7, 11) is 0. The number of carbonyl (C=O) groups excluding carboxylic acids is 1. The Balaban J connectivity index is 1.70. The molecule has 3 heterocycles. The van der Waals surface area contributed by atoms with Crippen LogP contribution in [0.4, 0.5) is 5.82 Å². The van der Waals surface area contributed by atoms with Gasteiger partial charge in [0, 0.05) is 23.3 Å². The first kappa shape index (κ1) is 17.8. The molecule has 4 rings (SSSR count). The van der Waals surface area contributed by atoms with E-state index in [0.29, 0.717) is 28.1 Å². The van der Waals surface area contributed by atoms with E-state index in [4.69, 9.17) is 22.3 Å². The van der Waals surface area contributed by atoms with Crippen LogP contribution in [0, 0.1) is 5.92 Å². The smallest absolute Gasteiger partial charge is 0.267 e. The molecule has 1 aliphatic heterocycles. The van der Waals surface area contributed by atoms with E-state index in [1.807, 2.05) is 24.3 Å². The summed E-state index contributed by atoms with van der Waals surface area (Å²) in [5.74, 6) is 0.642. The maximum Gasteiger partial charge on any atom is 0.267 e. The number of halogens is 1. The first-order valence-corrected chi connectivity index (χ1v) is 9.38. The SMILES string of the molecule is NC(=O)c1cnc(NCC2CCCNC2)c2nc(-c3ccc(Cl)cc3)cn12. The molecule has 1 saturated heterocycles. The second-order valence-electron chi connectivity index (χ2n) is 6.78. The van der Waals surface area contributed by atoms with Gasteiger partial charge < -0.3 is 16.4 Å². The lowest BCUT2D eigenvalue weighted by Gasteiger charge is -2.23. The number of hydrogen-bond donors (Lipinski definition) is 3. The standard InChI is InChI=1S/C19H21ClN6O/c20-14-5-3-13(4-6-14)15-11-26-16(17(21)27)10-24-18(19(26)25-15)23-9-12-2-1-7-22-8-12/h3-6,10-12,22H,1-2,7-9H2,(H2,21,27)(H,23,24). The predicted molar refractivity (Wildman–Crippen MR) is 106 cm³/mol. The summed E-state index contributed by atoms with van der Waals surface area (Å²) in [6, 6.07) is 7.40. The third-order valence-electron chi connectivity index (χ3n) is 4.84. The number of nitrogens with two attached hydrogens (primary N) is 1. The molecule has 0 radical (unpaired) electrons. The molecule has 2 aromatic heterocycles. The van der Waals surface area contributed by atoms with Gasteiger partial charge in [-0.05, 0) is 44.0 Å². The van der Waals surface area contributed by atoms with Crippen molar-refractivity contribution in [2.24, 2.45) is 11.7 Å². The van der Waals surface area contributed by atoms with Crippen molar-refractivity contribution < 1.29 is 4.79 Å². The normalized spacial score (nSPS) is 17.1. The van der Waals surface area contributed by atoms with Crippen LogP contribution in [0.3, 0.4) is 0 Å². The number of nitrogens with zero attached hydrogens (tertiary/aromatic N) is 3. The van der Waals surface area contributed by atoms with E-state index in [1.54, 1.807) is 10.6 Å². The van der Waals surface area contributed by atoms with Crippen molar-refractivity contribution in [3.05, 3.63) is 47.4 Å². The second-order valence-corrected chi connectivity index (χ2v) is 7.21. The zero-order valence-electron chi connectivity index (χ0n) is 14.8. The number of imidazole rings is 1. The van der Waals surface area contributed by atoms with E-state index in [0.717, 1.165) is 30.9 Å². The van der Waals surface area contributed by atoms with E-state index >= 15 is 0 Å². The van der Waals surface area contributed by atoms with Crippen LogP contribution in [-0.4, -0.2) is 39.9 Å². The number of fused-ring (bicyclic) bond motifs is 1. The van der Waals surface area contributed by atoms with E-state index in [-0.39, 0.29) is 0 Å². The van der Waals surface area contributed by atoms with Crippen LogP contribution < -0.4 is 16.4 Å². The lowest BCUT2D eigenvalue weighted by Crippen LogP contribution is -2.33. The van der Waals surface area contributed by atoms with Crippen molar-refractivity contribution in [2.75, 3.05) is 25.0 Å². The van der Waals surface area contributed by atoms with Gasteiger partial charge in [-0.15, -0.1) is 0 Å². The number of hydrogen-bond acceptors (Lipinski definition) is 5. The quantitative estimate of drug-likeness (QED) is 0.628. The van der Waals surface area contributed by atoms with E-state index in [9.17, 15) is 4.79 Å². The minimum atomic E-state index is -0.546. The van der Waals surface area contributed by atoms with Crippen LogP contribution in [0.1, 0.15) is 23.3 Å². The highest BCUT2D eigenvalue weighted by Gasteiger charge is 2.17. The number of aromatic nitrogens is 3. The number of anilines is 1. The van der Waals surface area contributed by atoms with Gasteiger partial charge in [-0.1, -0.05) is 23.7 Å². The van der Waals surface area contributed by atoms with Crippen molar-refractivity contribution in [1.29, 1.82) is 0 Å². The molecule has 1 amide bonds. The number of benzene rings is 1. The molecule has 1 atom stereocenters. The van der Waals surface area contributed by atoms with E-state index in [1.165, 1.54) is 19.0 Å². The van der Waals surface area contributed by atoms with Gasteiger partial charge in [0.15, 0.2) is 11.5 Å². The zero-order valence-corrected chi connectivity index (χ0v) is 15.5. The monoisotopic (exact) mass is 384 g/mol. The molecule has 8 heteroatoms. The number of piperidine rings is 1. The molecule has 1 unspecified atom stereocenters. The lowest BCUT2D eigenvalue weighted by molar-refractivity contribution is 0.0994. The third kappa shape index (κ3) is 3.74. The molecule has 3 aromatic rings. The number of nitrogens with one attached hydrogen (secondary N) is 2. The molecule has 4 N–H and O–H groups in total. The number of primary amides is 1. The summed E-state index contributed by atoms with van der Waals surface area (Å²) in [5, 5.41) is 7.46. The average molecular weight is 385 g/mol. The fourth-order valence-electron chi connectivity index (χ4n) is 3.38. The summed E-state index contributed by atoms with van der Waals surface area (Å²) in [5.41, 5.74) is 8.02. The van der Waals surface area contributed by atoms with E-state index in [2.05, 4.69) is 15.6 Å². The van der Waals surface area contributed by atoms with Gasteiger partial charge in [0.05, 0.1) is 11.9 Å². The Morgan fingerprint density at radius 1 is 1.37 bits per heavy atom. The Kier molecular flexibility index (Phi) is 4.96. The van der Waals surface area contributed by atoms with Crippen molar-refractivity contribution in [3.8, 4) is 11.3 Å². The zero-order chi connectivity index (χ0) is 18.8. The van der Waals surface area contributed by atoms with Gasteiger partial charge in [0.2, 0.25) is 0 Å². The first-order valence-electron chi connectivity index (χ1n) is 9.00. The Hall–Kier alpha value is -2.64. The molecule has 140 valence electrons. The minimum absolute atomic E-state index is 0.294. The second kappa shape index (κ2) is 7.54. The highest BCUT2D eigenvalue weighted by molar-refractivity contribution is 6.30. The molecule has 1 aromatic carbocycles. The van der Waals surface area contributed by atoms with Crippen LogP contribution in [0.5, 0.6) is 0 Å². The van der Waals surface area contributed by atoms with Gasteiger partial charge in [0.25, 0.3) is 5.91 Å². The maximum absolute atomic E-state index is 11.8. The summed E-state index contributed by atoms with van der Waals surface area (Å²) in [4.78, 5) is 20.9. The molecule has 0 aliphatic carbocycles. The Bertz CT molecular complexity index is 962. The Labute approximate surface area is 161 Å². The first-order chi connectivity index (χ1) is 13.1. The molecule has 27 heavy (non-hydrogen) atoms. The summed E-state index contributed by atoms with van der Waals surface area (Å²) >= 11 is 5.97. The molecular formula is C19H21ClN6O. The van der Waals surface area contributed by atoms with Gasteiger partial charge in [-0.25, -0.2) is 9.97 Å². The number of carbonyl (C=O) groups is 1. The lowest BCUT2D eigenvalue weighted by atomic mass is 10.00. The van der Waals surface area contributed by atoms with Gasteiger partial charge in [-0.2, -0.15) is 0 Å². The molecule has 1 aliphatic rings. The van der Waals surface area contributed by atoms with Crippen LogP contribution in [-0.2, 0) is 0 Å². The van der Waals surface area contributed by atoms with Crippen LogP contribution >= 0.6 is 11.6 Å². The Morgan fingerprint density at radius 2 is 2.19 bits per heavy atom. The highest BCUT2D eigenvalue weighted by atomic mass is 35.5. The van der Waals surface area contributed by atoms with Crippen molar-refractivity contribution in [1.82, 2.24) is 19.7 Å². The molecular weight excluding hydrogens is 364 g/mol. The van der Waals surface area contributed by atoms with E-state index < -0.39 is 5.91 Å². The van der Waals surface area contributed by atoms with Crippen LogP contribution in [0.25, 0.3) is 16.9 Å². The Morgan fingerprint density at radius 3 is 2.89 bits per heavy atom. The fraction of sp³-hybridized carbons (Fsp3) is 0.316. The summed E-state index contributed by atoms with van der Waals surface area (Å²) < 4.78 is 1.70. The number of rotatable bonds is 5. The molecule has 0 spiro atoms. The average Bonchev–Trinajstić information content (AvgIpc) is 3.12. The summed E-state index contributed by atoms with van der Waals surface area (Å²) in [6.07, 6.45) is 5.65. The van der Waals surface area contributed by atoms with Gasteiger partial charge in [0.1, 0.15) is 5.69 Å². The topological polar surface area (TPSA) is 97.3 Å². The summed E-state index contributed by atoms with van der Waals surface area (Å²) in [6.45, 7) is 2.87. The third-order valence-corrected chi connectivity index (χ3v) is 5.09. The largest absolute Gasteiger partial charge is 0.367 e. The number of amides is 1. The molecule has 0 saturated carbocycles. The van der Waals surface area contributed by atoms with Crippen LogP contribution in [0.2, 0.25) is 5.02 Å².